The van der Waals surface area contributed by atoms with Crippen molar-refractivity contribution in [1.82, 2.24) is 4.98 Å². The SMILES string of the molecule is FC(F)(F)c1ccnc(-c2c(Cl)c(Cl)c(Cl)c(Cl)c2Cl)c1I. The first-order chi connectivity index (χ1) is 10.1. The average Bonchev–Trinajstić information content (AvgIpc) is 2.43. The smallest absolute Gasteiger partial charge is 0.255 e. The zero-order valence-electron chi connectivity index (χ0n) is 10.0. The predicted molar refractivity (Wildman–Crippen MR) is 92.4 cm³/mol. The minimum atomic E-state index is -4.55. The van der Waals surface area contributed by atoms with Gasteiger partial charge in [-0.1, -0.05) is 58.0 Å². The molecule has 0 saturated heterocycles. The largest absolute Gasteiger partial charge is 0.417 e. The van der Waals surface area contributed by atoms with Crippen LogP contribution in [0.2, 0.25) is 25.1 Å². The molecule has 0 fully saturated rings. The van der Waals surface area contributed by atoms with Crippen molar-refractivity contribution in [1.29, 1.82) is 0 Å². The van der Waals surface area contributed by atoms with Gasteiger partial charge in [-0.05, 0) is 28.7 Å². The van der Waals surface area contributed by atoms with Gasteiger partial charge in [-0.25, -0.2) is 0 Å². The second kappa shape index (κ2) is 6.69. The summed E-state index contributed by atoms with van der Waals surface area (Å²) in [5.41, 5.74) is -0.948. The molecule has 118 valence electrons. The van der Waals surface area contributed by atoms with Crippen molar-refractivity contribution >= 4 is 80.6 Å². The highest BCUT2D eigenvalue weighted by atomic mass is 127. The Morgan fingerprint density at radius 2 is 1.32 bits per heavy atom. The number of hydrogen-bond donors (Lipinski definition) is 0. The Morgan fingerprint density at radius 3 is 1.77 bits per heavy atom. The highest BCUT2D eigenvalue weighted by molar-refractivity contribution is 14.1. The summed E-state index contributed by atoms with van der Waals surface area (Å²) in [5, 5.41) is -0.536. The highest BCUT2D eigenvalue weighted by Gasteiger charge is 2.35. The van der Waals surface area contributed by atoms with E-state index in [-0.39, 0.29) is 39.9 Å². The first-order valence-electron chi connectivity index (χ1n) is 5.30. The van der Waals surface area contributed by atoms with Crippen molar-refractivity contribution in [3.63, 3.8) is 0 Å². The van der Waals surface area contributed by atoms with Gasteiger partial charge in [0.25, 0.3) is 0 Å². The standard InChI is InChI=1S/C12H2Cl5F3IN/c13-5-4(6(14)8(16)9(17)7(5)15)11-10(21)3(1-2-22-11)12(18,19)20/h1-2H. The van der Waals surface area contributed by atoms with E-state index in [0.717, 1.165) is 12.3 Å². The number of hydrogen-bond acceptors (Lipinski definition) is 1. The molecule has 0 aliphatic carbocycles. The van der Waals surface area contributed by atoms with Crippen LogP contribution in [0.5, 0.6) is 0 Å². The molecule has 22 heavy (non-hydrogen) atoms. The van der Waals surface area contributed by atoms with Crippen LogP contribution in [0.15, 0.2) is 12.3 Å². The zero-order valence-corrected chi connectivity index (χ0v) is 15.9. The van der Waals surface area contributed by atoms with Crippen LogP contribution in [0.4, 0.5) is 13.2 Å². The maximum absolute atomic E-state index is 13.0. The van der Waals surface area contributed by atoms with Crippen molar-refractivity contribution in [2.75, 3.05) is 0 Å². The number of rotatable bonds is 1. The number of pyridine rings is 1. The van der Waals surface area contributed by atoms with Crippen LogP contribution in [0.1, 0.15) is 5.56 Å². The number of alkyl halides is 3. The van der Waals surface area contributed by atoms with Crippen molar-refractivity contribution in [3.05, 3.63) is 46.5 Å². The highest BCUT2D eigenvalue weighted by Crippen LogP contribution is 2.49. The minimum Gasteiger partial charge on any atom is -0.255 e. The maximum atomic E-state index is 13.0. The number of nitrogens with zero attached hydrogens (tertiary/aromatic N) is 1. The Bertz CT molecular complexity index is 734. The maximum Gasteiger partial charge on any atom is 0.417 e. The minimum absolute atomic E-state index is 0.00164. The molecule has 2 rings (SSSR count). The van der Waals surface area contributed by atoms with E-state index in [2.05, 4.69) is 4.98 Å². The first kappa shape index (κ1) is 18.7. The lowest BCUT2D eigenvalue weighted by molar-refractivity contribution is -0.138. The summed E-state index contributed by atoms with van der Waals surface area (Å²) >= 11 is 31.4. The number of benzene rings is 1. The second-order valence-corrected chi connectivity index (χ2v) is 6.93. The molecule has 0 unspecified atom stereocenters. The van der Waals surface area contributed by atoms with Gasteiger partial charge in [0.1, 0.15) is 0 Å². The Balaban J connectivity index is 2.85. The van der Waals surface area contributed by atoms with Crippen LogP contribution in [0.25, 0.3) is 11.3 Å². The van der Waals surface area contributed by atoms with Crippen molar-refractivity contribution in [3.8, 4) is 11.3 Å². The molecule has 0 atom stereocenters. The van der Waals surface area contributed by atoms with Gasteiger partial charge in [-0.2, -0.15) is 13.2 Å². The molecule has 0 aliphatic rings. The van der Waals surface area contributed by atoms with Gasteiger partial charge in [-0.15, -0.1) is 0 Å². The second-order valence-electron chi connectivity index (χ2n) is 3.96. The predicted octanol–water partition coefficient (Wildman–Crippen LogP) is 7.64. The van der Waals surface area contributed by atoms with E-state index in [1.54, 1.807) is 0 Å². The van der Waals surface area contributed by atoms with E-state index in [9.17, 15) is 13.2 Å². The van der Waals surface area contributed by atoms with Crippen LogP contribution in [0, 0.1) is 3.57 Å². The molecule has 0 aliphatic heterocycles. The fraction of sp³-hybridized carbons (Fsp3) is 0.0833. The molecule has 0 bridgehead atoms. The third-order valence-corrected chi connectivity index (χ3v) is 6.01. The van der Waals surface area contributed by atoms with E-state index in [4.69, 9.17) is 58.0 Å². The normalized spacial score (nSPS) is 11.9. The van der Waals surface area contributed by atoms with E-state index in [1.165, 1.54) is 22.6 Å². The van der Waals surface area contributed by atoms with E-state index >= 15 is 0 Å². The van der Waals surface area contributed by atoms with Gasteiger partial charge in [0, 0.05) is 11.8 Å². The molecule has 0 spiro atoms. The third kappa shape index (κ3) is 3.26. The number of aromatic nitrogens is 1. The quantitative estimate of drug-likeness (QED) is 0.214. The van der Waals surface area contributed by atoms with Crippen LogP contribution < -0.4 is 0 Å². The third-order valence-electron chi connectivity index (χ3n) is 2.64. The van der Waals surface area contributed by atoms with Gasteiger partial charge in [-0.3, -0.25) is 4.98 Å². The lowest BCUT2D eigenvalue weighted by atomic mass is 10.1. The summed E-state index contributed by atoms with van der Waals surface area (Å²) in [5.74, 6) is 0. The van der Waals surface area contributed by atoms with Gasteiger partial charge in [0.2, 0.25) is 0 Å². The van der Waals surface area contributed by atoms with E-state index < -0.39 is 11.7 Å². The molecule has 10 heteroatoms. The molecule has 1 nitrogen and oxygen atoms in total. The van der Waals surface area contributed by atoms with Crippen molar-refractivity contribution in [2.45, 2.75) is 6.18 Å². The first-order valence-corrected chi connectivity index (χ1v) is 8.27. The summed E-state index contributed by atoms with van der Waals surface area (Å²) < 4.78 is 38.8. The van der Waals surface area contributed by atoms with Crippen LogP contribution in [-0.4, -0.2) is 4.98 Å². The molecule has 1 aromatic carbocycles. The lowest BCUT2D eigenvalue weighted by Crippen LogP contribution is -2.09. The van der Waals surface area contributed by atoms with E-state index in [1.807, 2.05) is 0 Å². The summed E-state index contributed by atoms with van der Waals surface area (Å²) in [6.07, 6.45) is -3.55. The van der Waals surface area contributed by atoms with Gasteiger partial charge >= 0.3 is 6.18 Å². The molecule has 1 heterocycles. The Hall–Kier alpha value is 0.340. The zero-order chi connectivity index (χ0) is 16.8. The fourth-order valence-electron chi connectivity index (χ4n) is 1.65. The van der Waals surface area contributed by atoms with Crippen molar-refractivity contribution < 1.29 is 13.2 Å². The summed E-state index contributed by atoms with van der Waals surface area (Å²) in [7, 11) is 0. The molecule has 0 radical (unpaired) electrons. The van der Waals surface area contributed by atoms with Crippen LogP contribution in [-0.2, 0) is 6.18 Å². The Morgan fingerprint density at radius 1 is 0.864 bits per heavy atom. The topological polar surface area (TPSA) is 12.9 Å². The molecular formula is C12H2Cl5F3IN. The number of halogens is 9. The van der Waals surface area contributed by atoms with Crippen LogP contribution >= 0.6 is 80.6 Å². The van der Waals surface area contributed by atoms with Crippen molar-refractivity contribution in [2.24, 2.45) is 0 Å². The lowest BCUT2D eigenvalue weighted by Gasteiger charge is -2.16. The molecule has 0 saturated carbocycles. The van der Waals surface area contributed by atoms with Gasteiger partial charge in [0.15, 0.2) is 0 Å². The molecular weight excluding hydrogens is 519 g/mol. The molecule has 2 aromatic rings. The molecule has 0 amide bonds. The summed E-state index contributed by atoms with van der Waals surface area (Å²) in [4.78, 5) is 3.92. The fourth-order valence-corrected chi connectivity index (χ4v) is 3.86. The Kier molecular flexibility index (Phi) is 5.68. The summed E-state index contributed by atoms with van der Waals surface area (Å²) in [6, 6.07) is 0.853. The molecule has 0 N–H and O–H groups in total. The monoisotopic (exact) mass is 519 g/mol. The average molecular weight is 521 g/mol. The van der Waals surface area contributed by atoms with E-state index in [0.29, 0.717) is 0 Å². The molecule has 1 aromatic heterocycles. The van der Waals surface area contributed by atoms with Gasteiger partial charge < -0.3 is 0 Å². The Labute approximate surface area is 161 Å². The van der Waals surface area contributed by atoms with Crippen LogP contribution in [0.3, 0.4) is 0 Å². The van der Waals surface area contributed by atoms with Gasteiger partial charge in [0.05, 0.1) is 39.9 Å². The summed E-state index contributed by atoms with van der Waals surface area (Å²) in [6.45, 7) is 0.